The van der Waals surface area contributed by atoms with E-state index in [9.17, 15) is 14.9 Å². The molecule has 7 nitrogen and oxygen atoms in total. The monoisotopic (exact) mass is 351 g/mol. The lowest BCUT2D eigenvalue weighted by molar-refractivity contribution is -0.229. The molecular weight excluding hydrogens is 326 g/mol. The Morgan fingerprint density at radius 1 is 1.28 bits per heavy atom. The molecule has 138 valence electrons. The number of cyclic esters (lactones) is 1. The van der Waals surface area contributed by atoms with Crippen LogP contribution in [0.2, 0.25) is 0 Å². The second-order valence-electron chi connectivity index (χ2n) is 7.18. The predicted molar refractivity (Wildman–Crippen MR) is 85.1 cm³/mol. The Kier molecular flexibility index (Phi) is 5.72. The zero-order chi connectivity index (χ0) is 17.9. The van der Waals surface area contributed by atoms with E-state index in [0.717, 1.165) is 19.3 Å². The van der Waals surface area contributed by atoms with Gasteiger partial charge < -0.3 is 18.9 Å². The number of hydrogen-bond donors (Lipinski definition) is 0. The largest absolute Gasteiger partial charge is 0.464 e. The fraction of sp³-hybridized carbons (Fsp3) is 0.833. The first-order valence-electron chi connectivity index (χ1n) is 8.89. The summed E-state index contributed by atoms with van der Waals surface area (Å²) in [5, 5.41) is 9.49. The van der Waals surface area contributed by atoms with Crippen molar-refractivity contribution in [2.24, 2.45) is 23.2 Å². The average Bonchev–Trinajstić information content (AvgIpc) is 2.60. The van der Waals surface area contributed by atoms with Gasteiger partial charge in [0.25, 0.3) is 0 Å². The van der Waals surface area contributed by atoms with E-state index in [-0.39, 0.29) is 43.5 Å². The predicted octanol–water partition coefficient (Wildman–Crippen LogP) is 1.45. The molecule has 25 heavy (non-hydrogen) atoms. The first-order valence-corrected chi connectivity index (χ1v) is 8.89. The zero-order valence-corrected chi connectivity index (χ0v) is 14.6. The van der Waals surface area contributed by atoms with Gasteiger partial charge in [-0.05, 0) is 18.8 Å². The summed E-state index contributed by atoms with van der Waals surface area (Å²) in [7, 11) is 1.61. The van der Waals surface area contributed by atoms with Gasteiger partial charge in [-0.1, -0.05) is 6.42 Å². The molecule has 3 aliphatic rings. The summed E-state index contributed by atoms with van der Waals surface area (Å²) < 4.78 is 21.8. The van der Waals surface area contributed by atoms with Crippen LogP contribution in [0.4, 0.5) is 0 Å². The van der Waals surface area contributed by atoms with Crippen LogP contribution < -0.4 is 0 Å². The maximum absolute atomic E-state index is 12.2. The lowest BCUT2D eigenvalue weighted by atomic mass is 9.50. The van der Waals surface area contributed by atoms with Gasteiger partial charge in [0, 0.05) is 31.3 Å². The number of nitrogens with zero attached hydrogens (tertiary/aromatic N) is 1. The van der Waals surface area contributed by atoms with E-state index in [1.54, 1.807) is 7.11 Å². The summed E-state index contributed by atoms with van der Waals surface area (Å²) in [5.74, 6) is -1.49. The van der Waals surface area contributed by atoms with Gasteiger partial charge in [0.2, 0.25) is 0 Å². The number of Topliss-reactive ketones (excluding diaryl/α,β-unsaturated/α-hetero) is 1. The van der Waals surface area contributed by atoms with Crippen LogP contribution in [0.15, 0.2) is 0 Å². The lowest BCUT2D eigenvalue weighted by Crippen LogP contribution is -2.62. The Bertz CT molecular complexity index is 558. The van der Waals surface area contributed by atoms with E-state index in [4.69, 9.17) is 18.9 Å². The standard InChI is InChI=1S/C18H25NO6/c1-22-5-6-23-11-25-16-4-2-3-12-7-13(20)8-15-14(9-19)17(21)24-10-18(12,15)16/h12,14-16H,2-8,10-11H2,1H3/t12-,14?,15-,16-,18+/m1/s1. The third kappa shape index (κ3) is 3.31. The second-order valence-corrected chi connectivity index (χ2v) is 7.18. The molecule has 3 rings (SSSR count). The molecule has 2 aliphatic carbocycles. The molecule has 1 aliphatic heterocycles. The van der Waals surface area contributed by atoms with Crippen LogP contribution in [0.5, 0.6) is 0 Å². The quantitative estimate of drug-likeness (QED) is 0.406. The minimum Gasteiger partial charge on any atom is -0.464 e. The van der Waals surface area contributed by atoms with Crippen molar-refractivity contribution in [3.05, 3.63) is 0 Å². The van der Waals surface area contributed by atoms with Crippen molar-refractivity contribution in [1.29, 1.82) is 5.26 Å². The van der Waals surface area contributed by atoms with Gasteiger partial charge in [0.05, 0.1) is 25.4 Å². The number of ether oxygens (including phenoxy) is 4. The fourth-order valence-electron chi connectivity index (χ4n) is 4.89. The normalized spacial score (nSPS) is 37.6. The highest BCUT2D eigenvalue weighted by atomic mass is 16.7. The van der Waals surface area contributed by atoms with E-state index in [1.807, 2.05) is 0 Å². The van der Waals surface area contributed by atoms with E-state index < -0.39 is 17.3 Å². The van der Waals surface area contributed by atoms with Crippen molar-refractivity contribution >= 4 is 11.8 Å². The van der Waals surface area contributed by atoms with E-state index in [0.29, 0.717) is 19.6 Å². The summed E-state index contributed by atoms with van der Waals surface area (Å²) in [6, 6.07) is 2.08. The van der Waals surface area contributed by atoms with Gasteiger partial charge in [0.1, 0.15) is 25.1 Å². The molecule has 5 atom stereocenters. The number of hydrogen-bond acceptors (Lipinski definition) is 7. The Hall–Kier alpha value is -1.49. The number of rotatable bonds is 6. The molecule has 1 unspecified atom stereocenters. The van der Waals surface area contributed by atoms with Crippen molar-refractivity contribution in [3.8, 4) is 6.07 Å². The molecule has 3 fully saturated rings. The van der Waals surface area contributed by atoms with Gasteiger partial charge in [0.15, 0.2) is 0 Å². The Morgan fingerprint density at radius 2 is 2.12 bits per heavy atom. The molecule has 0 N–H and O–H groups in total. The maximum Gasteiger partial charge on any atom is 0.323 e. The first kappa shape index (κ1) is 18.3. The minimum absolute atomic E-state index is 0.0976. The van der Waals surface area contributed by atoms with Crippen molar-refractivity contribution < 1.29 is 28.5 Å². The summed E-state index contributed by atoms with van der Waals surface area (Å²) in [6.45, 7) is 1.30. The Balaban J connectivity index is 1.80. The lowest BCUT2D eigenvalue weighted by Gasteiger charge is -2.57. The van der Waals surface area contributed by atoms with Crippen molar-refractivity contribution in [2.75, 3.05) is 33.7 Å². The molecular formula is C18H25NO6. The molecule has 1 heterocycles. The molecule has 0 aromatic heterocycles. The Morgan fingerprint density at radius 3 is 2.88 bits per heavy atom. The first-order chi connectivity index (χ1) is 12.1. The smallest absolute Gasteiger partial charge is 0.323 e. The molecule has 0 aromatic carbocycles. The number of carbonyl (C=O) groups excluding carboxylic acids is 2. The number of esters is 1. The van der Waals surface area contributed by atoms with Crippen molar-refractivity contribution in [1.82, 2.24) is 0 Å². The maximum atomic E-state index is 12.2. The molecule has 1 spiro atoms. The summed E-state index contributed by atoms with van der Waals surface area (Å²) in [5.41, 5.74) is -0.453. The van der Waals surface area contributed by atoms with E-state index >= 15 is 0 Å². The number of ketones is 1. The van der Waals surface area contributed by atoms with E-state index in [1.165, 1.54) is 0 Å². The van der Waals surface area contributed by atoms with Gasteiger partial charge in [-0.15, -0.1) is 0 Å². The second kappa shape index (κ2) is 7.81. The van der Waals surface area contributed by atoms with Gasteiger partial charge in [-0.3, -0.25) is 9.59 Å². The van der Waals surface area contributed by atoms with Crippen molar-refractivity contribution in [3.63, 3.8) is 0 Å². The summed E-state index contributed by atoms with van der Waals surface area (Å²) >= 11 is 0. The van der Waals surface area contributed by atoms with Gasteiger partial charge >= 0.3 is 5.97 Å². The third-order valence-corrected chi connectivity index (χ3v) is 6.03. The molecule has 0 radical (unpaired) electrons. The molecule has 2 saturated carbocycles. The highest BCUT2D eigenvalue weighted by Crippen LogP contribution is 2.57. The minimum atomic E-state index is -0.890. The molecule has 1 saturated heterocycles. The number of nitriles is 1. The Labute approximate surface area is 147 Å². The highest BCUT2D eigenvalue weighted by Gasteiger charge is 2.62. The molecule has 0 bridgehead atoms. The average molecular weight is 351 g/mol. The van der Waals surface area contributed by atoms with Gasteiger partial charge in [-0.2, -0.15) is 5.26 Å². The third-order valence-electron chi connectivity index (χ3n) is 6.03. The van der Waals surface area contributed by atoms with Crippen LogP contribution in [0.3, 0.4) is 0 Å². The highest BCUT2D eigenvalue weighted by molar-refractivity contribution is 5.83. The molecule has 0 aromatic rings. The van der Waals surface area contributed by atoms with Crippen LogP contribution in [-0.2, 0) is 28.5 Å². The number of carbonyl (C=O) groups is 2. The molecule has 7 heteroatoms. The van der Waals surface area contributed by atoms with Gasteiger partial charge in [-0.25, -0.2) is 0 Å². The summed E-state index contributed by atoms with van der Waals surface area (Å²) in [6.07, 6.45) is 3.26. The van der Waals surface area contributed by atoms with Crippen LogP contribution >= 0.6 is 0 Å². The number of methoxy groups -OCH3 is 1. The molecule has 0 amide bonds. The topological polar surface area (TPSA) is 94.9 Å². The fourth-order valence-corrected chi connectivity index (χ4v) is 4.89. The zero-order valence-electron chi connectivity index (χ0n) is 14.6. The van der Waals surface area contributed by atoms with Crippen LogP contribution in [0.1, 0.15) is 32.1 Å². The van der Waals surface area contributed by atoms with Crippen LogP contribution in [0, 0.1) is 34.5 Å². The van der Waals surface area contributed by atoms with Crippen LogP contribution in [0.25, 0.3) is 0 Å². The van der Waals surface area contributed by atoms with Crippen LogP contribution in [-0.4, -0.2) is 51.6 Å². The SMILES string of the molecule is COCCOCO[C@@H]1CCC[C@@H]2CC(=O)C[C@@H]3C(C#N)C(=O)OC[C@]231. The van der Waals surface area contributed by atoms with E-state index in [2.05, 4.69) is 6.07 Å². The van der Waals surface area contributed by atoms with Crippen molar-refractivity contribution in [2.45, 2.75) is 38.2 Å². The summed E-state index contributed by atoms with van der Waals surface area (Å²) in [4.78, 5) is 24.3.